The number of pyridine rings is 1. The van der Waals surface area contributed by atoms with Crippen molar-refractivity contribution in [1.29, 1.82) is 0 Å². The minimum absolute atomic E-state index is 0.0699. The Morgan fingerprint density at radius 2 is 1.94 bits per heavy atom. The Hall–Kier alpha value is -2.23. The first-order valence-electron chi connectivity index (χ1n) is 5.38. The molecule has 4 nitrogen and oxygen atoms in total. The lowest BCUT2D eigenvalue weighted by Crippen LogP contribution is -2.06. The Balaban J connectivity index is 2.53. The Bertz CT molecular complexity index is 768. The number of methoxy groups -OCH3 is 1. The van der Waals surface area contributed by atoms with Crippen molar-refractivity contribution in [3.8, 4) is 5.75 Å². The number of benzene rings is 1. The number of rotatable bonds is 1. The van der Waals surface area contributed by atoms with Crippen LogP contribution >= 0.6 is 0 Å². The van der Waals surface area contributed by atoms with Crippen LogP contribution in [-0.4, -0.2) is 17.1 Å². The summed E-state index contributed by atoms with van der Waals surface area (Å²) in [6.45, 7) is 1.87. The SMILES string of the molecule is COc1ccc2[nH]c3cc(C)[nH]c(=O)c3c2c1. The monoisotopic (exact) mass is 228 g/mol. The first-order valence-corrected chi connectivity index (χ1v) is 5.38. The third-order valence-electron chi connectivity index (χ3n) is 2.93. The molecule has 17 heavy (non-hydrogen) atoms. The molecule has 3 rings (SSSR count). The number of hydrogen-bond acceptors (Lipinski definition) is 2. The molecule has 0 unspecified atom stereocenters. The summed E-state index contributed by atoms with van der Waals surface area (Å²) in [6.07, 6.45) is 0. The Kier molecular flexibility index (Phi) is 1.98. The molecule has 2 N–H and O–H groups in total. The summed E-state index contributed by atoms with van der Waals surface area (Å²) >= 11 is 0. The van der Waals surface area contributed by atoms with Gasteiger partial charge in [0.2, 0.25) is 0 Å². The first-order chi connectivity index (χ1) is 8.19. The fourth-order valence-electron chi connectivity index (χ4n) is 2.17. The van der Waals surface area contributed by atoms with Gasteiger partial charge >= 0.3 is 0 Å². The van der Waals surface area contributed by atoms with E-state index >= 15 is 0 Å². The highest BCUT2D eigenvalue weighted by Gasteiger charge is 2.09. The van der Waals surface area contributed by atoms with Gasteiger partial charge in [0.25, 0.3) is 5.56 Å². The van der Waals surface area contributed by atoms with Crippen molar-refractivity contribution >= 4 is 21.8 Å². The third kappa shape index (κ3) is 1.41. The molecule has 2 aromatic heterocycles. The van der Waals surface area contributed by atoms with Crippen molar-refractivity contribution in [2.24, 2.45) is 0 Å². The van der Waals surface area contributed by atoms with Crippen molar-refractivity contribution in [3.05, 3.63) is 40.3 Å². The van der Waals surface area contributed by atoms with Crippen LogP contribution in [0.3, 0.4) is 0 Å². The van der Waals surface area contributed by atoms with E-state index in [0.29, 0.717) is 5.39 Å². The topological polar surface area (TPSA) is 57.9 Å². The largest absolute Gasteiger partial charge is 0.497 e. The van der Waals surface area contributed by atoms with E-state index in [-0.39, 0.29) is 5.56 Å². The van der Waals surface area contributed by atoms with Crippen molar-refractivity contribution in [2.45, 2.75) is 6.92 Å². The molecule has 0 saturated carbocycles. The van der Waals surface area contributed by atoms with Crippen LogP contribution in [0.15, 0.2) is 29.1 Å². The zero-order chi connectivity index (χ0) is 12.0. The maximum absolute atomic E-state index is 12.0. The maximum Gasteiger partial charge on any atom is 0.258 e. The number of aromatic amines is 2. The van der Waals surface area contributed by atoms with Gasteiger partial charge in [0.05, 0.1) is 18.0 Å². The van der Waals surface area contributed by atoms with Gasteiger partial charge in [-0.05, 0) is 31.2 Å². The van der Waals surface area contributed by atoms with Crippen LogP contribution in [0.25, 0.3) is 21.8 Å². The quantitative estimate of drug-likeness (QED) is 0.671. The van der Waals surface area contributed by atoms with Crippen molar-refractivity contribution in [2.75, 3.05) is 7.11 Å². The van der Waals surface area contributed by atoms with Gasteiger partial charge in [-0.15, -0.1) is 0 Å². The summed E-state index contributed by atoms with van der Waals surface area (Å²) in [6, 6.07) is 7.60. The zero-order valence-electron chi connectivity index (χ0n) is 9.63. The molecule has 0 fully saturated rings. The molecular formula is C13H12N2O2. The molecule has 0 aliphatic heterocycles. The molecule has 0 bridgehead atoms. The minimum Gasteiger partial charge on any atom is -0.497 e. The molecule has 3 aromatic rings. The van der Waals surface area contributed by atoms with Gasteiger partial charge in [-0.3, -0.25) is 4.79 Å². The molecule has 86 valence electrons. The predicted octanol–water partition coefficient (Wildman–Crippen LogP) is 2.33. The van der Waals surface area contributed by atoms with Gasteiger partial charge in [-0.1, -0.05) is 0 Å². The fraction of sp³-hybridized carbons (Fsp3) is 0.154. The molecule has 0 saturated heterocycles. The zero-order valence-corrected chi connectivity index (χ0v) is 9.63. The van der Waals surface area contributed by atoms with Gasteiger partial charge in [0, 0.05) is 16.6 Å². The summed E-state index contributed by atoms with van der Waals surface area (Å²) in [4.78, 5) is 18.0. The fourth-order valence-corrected chi connectivity index (χ4v) is 2.17. The second-order valence-electron chi connectivity index (χ2n) is 4.11. The van der Waals surface area contributed by atoms with E-state index in [1.165, 1.54) is 0 Å². The number of nitrogens with one attached hydrogen (secondary N) is 2. The molecule has 0 amide bonds. The summed E-state index contributed by atoms with van der Waals surface area (Å²) in [7, 11) is 1.62. The van der Waals surface area contributed by atoms with Gasteiger partial charge in [-0.25, -0.2) is 0 Å². The second kappa shape index (κ2) is 3.38. The molecule has 0 aliphatic carbocycles. The molecule has 0 radical (unpaired) electrons. The van der Waals surface area contributed by atoms with E-state index in [1.54, 1.807) is 7.11 Å². The van der Waals surface area contributed by atoms with Gasteiger partial charge in [0.15, 0.2) is 0 Å². The van der Waals surface area contributed by atoms with Gasteiger partial charge in [-0.2, -0.15) is 0 Å². The Morgan fingerprint density at radius 3 is 2.71 bits per heavy atom. The summed E-state index contributed by atoms with van der Waals surface area (Å²) in [5, 5.41) is 1.57. The van der Waals surface area contributed by atoms with Gasteiger partial charge < -0.3 is 14.7 Å². The van der Waals surface area contributed by atoms with E-state index in [2.05, 4.69) is 9.97 Å². The van der Waals surface area contributed by atoms with Crippen molar-refractivity contribution in [1.82, 2.24) is 9.97 Å². The highest BCUT2D eigenvalue weighted by Crippen LogP contribution is 2.26. The van der Waals surface area contributed by atoms with Crippen LogP contribution in [-0.2, 0) is 0 Å². The lowest BCUT2D eigenvalue weighted by Gasteiger charge is -1.98. The normalized spacial score (nSPS) is 11.2. The molecule has 4 heteroatoms. The molecule has 2 heterocycles. The smallest absolute Gasteiger partial charge is 0.258 e. The number of aromatic nitrogens is 2. The van der Waals surface area contributed by atoms with Crippen LogP contribution in [0.1, 0.15) is 5.69 Å². The highest BCUT2D eigenvalue weighted by molar-refractivity contribution is 6.07. The van der Waals surface area contributed by atoms with Crippen LogP contribution in [0.4, 0.5) is 0 Å². The van der Waals surface area contributed by atoms with E-state index in [1.807, 2.05) is 31.2 Å². The number of fused-ring (bicyclic) bond motifs is 3. The van der Waals surface area contributed by atoms with E-state index in [4.69, 9.17) is 4.74 Å². The predicted molar refractivity (Wildman–Crippen MR) is 67.7 cm³/mol. The molecule has 0 aliphatic rings. The standard InChI is InChI=1S/C13H12N2O2/c1-7-5-11-12(13(16)14-7)9-6-8(17-2)3-4-10(9)15-11/h3-6,15H,1-2H3,(H,14,16). The van der Waals surface area contributed by atoms with Crippen molar-refractivity contribution in [3.63, 3.8) is 0 Å². The summed E-state index contributed by atoms with van der Waals surface area (Å²) in [5.41, 5.74) is 2.58. The van der Waals surface area contributed by atoms with Gasteiger partial charge in [0.1, 0.15) is 5.75 Å². The number of hydrogen-bond donors (Lipinski definition) is 2. The van der Waals surface area contributed by atoms with Crippen LogP contribution in [0, 0.1) is 6.92 Å². The minimum atomic E-state index is -0.0699. The average molecular weight is 228 g/mol. The molecule has 1 aromatic carbocycles. The van der Waals surface area contributed by atoms with Crippen molar-refractivity contribution < 1.29 is 4.74 Å². The van der Waals surface area contributed by atoms with E-state index in [0.717, 1.165) is 27.9 Å². The number of aryl methyl sites for hydroxylation is 1. The molecular weight excluding hydrogens is 216 g/mol. The lowest BCUT2D eigenvalue weighted by molar-refractivity contribution is 0.415. The molecule has 0 atom stereocenters. The van der Waals surface area contributed by atoms with Crippen LogP contribution < -0.4 is 10.3 Å². The number of ether oxygens (including phenoxy) is 1. The lowest BCUT2D eigenvalue weighted by atomic mass is 10.2. The highest BCUT2D eigenvalue weighted by atomic mass is 16.5. The van der Waals surface area contributed by atoms with Crippen LogP contribution in [0.5, 0.6) is 5.75 Å². The molecule has 0 spiro atoms. The first kappa shape index (κ1) is 9.96. The van der Waals surface area contributed by atoms with E-state index in [9.17, 15) is 4.79 Å². The summed E-state index contributed by atoms with van der Waals surface area (Å²) in [5.74, 6) is 0.748. The third-order valence-corrected chi connectivity index (χ3v) is 2.93. The van der Waals surface area contributed by atoms with Crippen LogP contribution in [0.2, 0.25) is 0 Å². The average Bonchev–Trinajstić information content (AvgIpc) is 2.65. The Labute approximate surface area is 97.2 Å². The second-order valence-corrected chi connectivity index (χ2v) is 4.11. The Morgan fingerprint density at radius 1 is 1.12 bits per heavy atom. The number of H-pyrrole nitrogens is 2. The maximum atomic E-state index is 12.0. The summed E-state index contributed by atoms with van der Waals surface area (Å²) < 4.78 is 5.18. The van der Waals surface area contributed by atoms with E-state index < -0.39 is 0 Å².